The number of carbonyl (C=O) groups excluding carboxylic acids is 2. The van der Waals surface area contributed by atoms with E-state index in [4.69, 9.17) is 0 Å². The Morgan fingerprint density at radius 3 is 2.59 bits per heavy atom. The van der Waals surface area contributed by atoms with Gasteiger partial charge < -0.3 is 10.2 Å². The Bertz CT molecular complexity index is 682. The van der Waals surface area contributed by atoms with E-state index in [0.717, 1.165) is 11.3 Å². The molecule has 116 valence electrons. The summed E-state index contributed by atoms with van der Waals surface area (Å²) < 4.78 is 0. The third kappa shape index (κ3) is 3.92. The summed E-state index contributed by atoms with van der Waals surface area (Å²) >= 11 is 1.37. The molecule has 0 atom stereocenters. The molecule has 0 radical (unpaired) electrons. The average Bonchev–Trinajstić information content (AvgIpc) is 2.89. The molecule has 2 rings (SSSR count). The van der Waals surface area contributed by atoms with Crippen molar-refractivity contribution < 1.29 is 9.59 Å². The standard InChI is InChI=1S/C16H19N3O2S/c1-4-19(15(21)13-8-6-5-7-11(13)2)9-14(20)18-16-17-12(3)10-22-16/h5-8,10H,4,9H2,1-3H3,(H,17,18,20). The summed E-state index contributed by atoms with van der Waals surface area (Å²) in [6.07, 6.45) is 0. The fourth-order valence-corrected chi connectivity index (χ4v) is 2.76. The quantitative estimate of drug-likeness (QED) is 0.922. The van der Waals surface area contributed by atoms with Gasteiger partial charge in [0.15, 0.2) is 5.13 Å². The highest BCUT2D eigenvalue weighted by Gasteiger charge is 2.19. The molecule has 0 saturated carbocycles. The number of thiazole rings is 1. The van der Waals surface area contributed by atoms with Crippen LogP contribution in [0.25, 0.3) is 0 Å². The van der Waals surface area contributed by atoms with Gasteiger partial charge in [0.1, 0.15) is 6.54 Å². The monoisotopic (exact) mass is 317 g/mol. The predicted octanol–water partition coefficient (Wildman–Crippen LogP) is 2.86. The minimum absolute atomic E-state index is 0.0162. The maximum Gasteiger partial charge on any atom is 0.254 e. The zero-order valence-electron chi connectivity index (χ0n) is 12.9. The van der Waals surface area contributed by atoms with E-state index in [9.17, 15) is 9.59 Å². The first-order valence-corrected chi connectivity index (χ1v) is 7.96. The third-order valence-corrected chi connectivity index (χ3v) is 4.12. The molecule has 5 nitrogen and oxygen atoms in total. The van der Waals surface area contributed by atoms with Crippen molar-refractivity contribution in [2.24, 2.45) is 0 Å². The maximum absolute atomic E-state index is 12.5. The molecule has 0 fully saturated rings. The van der Waals surface area contributed by atoms with Gasteiger partial charge in [0.2, 0.25) is 5.91 Å². The smallest absolute Gasteiger partial charge is 0.254 e. The minimum atomic E-state index is -0.238. The minimum Gasteiger partial charge on any atom is -0.330 e. The van der Waals surface area contributed by atoms with Gasteiger partial charge in [-0.2, -0.15) is 0 Å². The number of carbonyl (C=O) groups is 2. The molecule has 1 heterocycles. The molecule has 1 aromatic heterocycles. The van der Waals surface area contributed by atoms with E-state index in [1.807, 2.05) is 44.4 Å². The van der Waals surface area contributed by atoms with Gasteiger partial charge in [-0.15, -0.1) is 11.3 Å². The molecule has 2 aromatic rings. The number of aromatic nitrogens is 1. The van der Waals surface area contributed by atoms with Crippen LogP contribution in [0.5, 0.6) is 0 Å². The summed E-state index contributed by atoms with van der Waals surface area (Å²) in [5.74, 6) is -0.371. The van der Waals surface area contributed by atoms with Gasteiger partial charge in [0.25, 0.3) is 5.91 Å². The van der Waals surface area contributed by atoms with E-state index in [2.05, 4.69) is 10.3 Å². The summed E-state index contributed by atoms with van der Waals surface area (Å²) in [5, 5.41) is 5.15. The second-order valence-corrected chi connectivity index (χ2v) is 5.83. The van der Waals surface area contributed by atoms with E-state index >= 15 is 0 Å². The predicted molar refractivity (Wildman–Crippen MR) is 88.2 cm³/mol. The van der Waals surface area contributed by atoms with Gasteiger partial charge in [-0.05, 0) is 32.4 Å². The van der Waals surface area contributed by atoms with E-state index in [-0.39, 0.29) is 18.4 Å². The molecule has 0 saturated heterocycles. The number of rotatable bonds is 5. The zero-order valence-corrected chi connectivity index (χ0v) is 13.7. The molecule has 0 unspecified atom stereocenters. The van der Waals surface area contributed by atoms with Gasteiger partial charge >= 0.3 is 0 Å². The van der Waals surface area contributed by atoms with E-state index in [1.165, 1.54) is 16.2 Å². The Morgan fingerprint density at radius 1 is 1.27 bits per heavy atom. The van der Waals surface area contributed by atoms with Crippen LogP contribution in [0.1, 0.15) is 28.5 Å². The topological polar surface area (TPSA) is 62.3 Å². The lowest BCUT2D eigenvalue weighted by molar-refractivity contribution is -0.116. The van der Waals surface area contributed by atoms with Crippen LogP contribution >= 0.6 is 11.3 Å². The molecule has 1 N–H and O–H groups in total. The number of benzene rings is 1. The van der Waals surface area contributed by atoms with Crippen molar-refractivity contribution in [3.8, 4) is 0 Å². The highest BCUT2D eigenvalue weighted by atomic mass is 32.1. The fraction of sp³-hybridized carbons (Fsp3) is 0.312. The molecular weight excluding hydrogens is 298 g/mol. The molecular formula is C16H19N3O2S. The normalized spacial score (nSPS) is 10.3. The lowest BCUT2D eigenvalue weighted by Crippen LogP contribution is -2.38. The molecule has 0 aliphatic carbocycles. The number of nitrogens with zero attached hydrogens (tertiary/aromatic N) is 2. The van der Waals surface area contributed by atoms with E-state index < -0.39 is 0 Å². The molecule has 0 aliphatic rings. The Kier molecular flexibility index (Phi) is 5.27. The van der Waals surface area contributed by atoms with Crippen LogP contribution < -0.4 is 5.32 Å². The zero-order chi connectivity index (χ0) is 16.1. The molecule has 0 spiro atoms. The summed E-state index contributed by atoms with van der Waals surface area (Å²) in [7, 11) is 0. The highest BCUT2D eigenvalue weighted by Crippen LogP contribution is 2.15. The summed E-state index contributed by atoms with van der Waals surface area (Å²) in [4.78, 5) is 30.3. The number of hydrogen-bond donors (Lipinski definition) is 1. The number of anilines is 1. The number of likely N-dealkylation sites (N-methyl/N-ethyl adjacent to an activating group) is 1. The van der Waals surface area contributed by atoms with Crippen molar-refractivity contribution in [2.45, 2.75) is 20.8 Å². The van der Waals surface area contributed by atoms with Gasteiger partial charge in [-0.1, -0.05) is 18.2 Å². The SMILES string of the molecule is CCN(CC(=O)Nc1nc(C)cs1)C(=O)c1ccccc1C. The van der Waals surface area contributed by atoms with Crippen LogP contribution in [0.3, 0.4) is 0 Å². The Morgan fingerprint density at radius 2 is 2.00 bits per heavy atom. The van der Waals surface area contributed by atoms with Crippen LogP contribution in [0.4, 0.5) is 5.13 Å². The summed E-state index contributed by atoms with van der Waals surface area (Å²) in [6.45, 7) is 6.10. The Hall–Kier alpha value is -2.21. The Balaban J connectivity index is 2.04. The second-order valence-electron chi connectivity index (χ2n) is 4.98. The Labute approximate surface area is 134 Å². The highest BCUT2D eigenvalue weighted by molar-refractivity contribution is 7.13. The summed E-state index contributed by atoms with van der Waals surface area (Å²) in [6, 6.07) is 7.38. The van der Waals surface area contributed by atoms with Crippen LogP contribution in [0.2, 0.25) is 0 Å². The van der Waals surface area contributed by atoms with Crippen molar-refractivity contribution >= 4 is 28.3 Å². The first-order chi connectivity index (χ1) is 10.5. The van der Waals surface area contributed by atoms with Crippen molar-refractivity contribution in [2.75, 3.05) is 18.4 Å². The number of amides is 2. The molecule has 0 aliphatic heterocycles. The lowest BCUT2D eigenvalue weighted by atomic mass is 10.1. The molecule has 22 heavy (non-hydrogen) atoms. The summed E-state index contributed by atoms with van der Waals surface area (Å²) in [5.41, 5.74) is 2.40. The van der Waals surface area contributed by atoms with Crippen molar-refractivity contribution in [1.29, 1.82) is 0 Å². The number of nitrogens with one attached hydrogen (secondary N) is 1. The molecule has 0 bridgehead atoms. The van der Waals surface area contributed by atoms with E-state index in [0.29, 0.717) is 17.2 Å². The maximum atomic E-state index is 12.5. The first-order valence-electron chi connectivity index (χ1n) is 7.08. The van der Waals surface area contributed by atoms with Crippen LogP contribution in [0, 0.1) is 13.8 Å². The molecule has 2 amide bonds. The number of hydrogen-bond acceptors (Lipinski definition) is 4. The van der Waals surface area contributed by atoms with Crippen LogP contribution in [-0.4, -0.2) is 34.8 Å². The van der Waals surface area contributed by atoms with E-state index in [1.54, 1.807) is 6.07 Å². The van der Waals surface area contributed by atoms with Crippen molar-refractivity contribution in [1.82, 2.24) is 9.88 Å². The van der Waals surface area contributed by atoms with Gasteiger partial charge in [0, 0.05) is 17.5 Å². The van der Waals surface area contributed by atoms with Crippen LogP contribution in [0.15, 0.2) is 29.6 Å². The van der Waals surface area contributed by atoms with Gasteiger partial charge in [-0.25, -0.2) is 4.98 Å². The molecule has 6 heteroatoms. The second kappa shape index (κ2) is 7.17. The molecule has 1 aromatic carbocycles. The third-order valence-electron chi connectivity index (χ3n) is 3.24. The van der Waals surface area contributed by atoms with Gasteiger partial charge in [-0.3, -0.25) is 9.59 Å². The average molecular weight is 317 g/mol. The first kappa shape index (κ1) is 16.2. The van der Waals surface area contributed by atoms with Crippen LogP contribution in [-0.2, 0) is 4.79 Å². The van der Waals surface area contributed by atoms with Crippen molar-refractivity contribution in [3.05, 3.63) is 46.5 Å². The lowest BCUT2D eigenvalue weighted by Gasteiger charge is -2.21. The van der Waals surface area contributed by atoms with Crippen molar-refractivity contribution in [3.63, 3.8) is 0 Å². The number of aryl methyl sites for hydroxylation is 2. The van der Waals surface area contributed by atoms with Gasteiger partial charge in [0.05, 0.1) is 5.69 Å². The largest absolute Gasteiger partial charge is 0.330 e. The fourth-order valence-electron chi connectivity index (χ4n) is 2.05.